The van der Waals surface area contributed by atoms with Crippen LogP contribution in [0.4, 0.5) is 5.82 Å². The third-order valence-corrected chi connectivity index (χ3v) is 5.78. The fourth-order valence-electron chi connectivity index (χ4n) is 2.89. The number of anilines is 1. The highest BCUT2D eigenvalue weighted by atomic mass is 35.5. The fraction of sp³-hybridized carbons (Fsp3) is 0.353. The van der Waals surface area contributed by atoms with Gasteiger partial charge in [-0.15, -0.1) is 0 Å². The molecular formula is C17H19ClN4O5S. The molecule has 28 heavy (non-hydrogen) atoms. The molecule has 0 saturated heterocycles. The quantitative estimate of drug-likeness (QED) is 0.689. The van der Waals surface area contributed by atoms with Crippen LogP contribution in [0.1, 0.15) is 18.2 Å². The third-order valence-electron chi connectivity index (χ3n) is 4.09. The van der Waals surface area contributed by atoms with E-state index >= 15 is 0 Å². The normalized spacial score (nSPS) is 15.7. The van der Waals surface area contributed by atoms with Gasteiger partial charge in [-0.3, -0.25) is 9.59 Å². The van der Waals surface area contributed by atoms with Gasteiger partial charge in [0.15, 0.2) is 9.84 Å². The SMILES string of the molecule is COC[C@H](C)NC(=O)C(=O)Nc1c2c(nn1-c1ccc(Cl)cc1)CS(=O)(=O)C2. The summed E-state index contributed by atoms with van der Waals surface area (Å²) in [6.07, 6.45) is 0. The Hall–Kier alpha value is -2.43. The summed E-state index contributed by atoms with van der Waals surface area (Å²) < 4.78 is 30.2. The van der Waals surface area contributed by atoms with E-state index in [9.17, 15) is 18.0 Å². The lowest BCUT2D eigenvalue weighted by Gasteiger charge is -2.14. The molecule has 1 aliphatic heterocycles. The zero-order valence-electron chi connectivity index (χ0n) is 15.2. The minimum atomic E-state index is -3.34. The zero-order valence-corrected chi connectivity index (χ0v) is 16.8. The van der Waals surface area contributed by atoms with E-state index in [1.54, 1.807) is 31.2 Å². The highest BCUT2D eigenvalue weighted by molar-refractivity contribution is 7.90. The standard InChI is InChI=1S/C17H19ClN4O5S/c1-10(7-27-2)19-16(23)17(24)20-15-13-8-28(25,26)9-14(13)21-22(15)12-5-3-11(18)4-6-12/h3-6,10H,7-9H2,1-2H3,(H,19,23)(H,20,24)/t10-/m0/s1. The number of amides is 2. The maximum atomic E-state index is 12.4. The molecule has 1 aliphatic rings. The lowest BCUT2D eigenvalue weighted by molar-refractivity contribution is -0.136. The number of methoxy groups -OCH3 is 1. The summed E-state index contributed by atoms with van der Waals surface area (Å²) >= 11 is 5.91. The van der Waals surface area contributed by atoms with Crippen molar-refractivity contribution in [1.29, 1.82) is 0 Å². The first-order valence-electron chi connectivity index (χ1n) is 8.38. The Labute approximate surface area is 166 Å². The molecule has 9 nitrogen and oxygen atoms in total. The van der Waals surface area contributed by atoms with Gasteiger partial charge < -0.3 is 15.4 Å². The molecule has 0 radical (unpaired) electrons. The van der Waals surface area contributed by atoms with Crippen LogP contribution in [0.2, 0.25) is 5.02 Å². The first kappa shape index (κ1) is 20.3. The van der Waals surface area contributed by atoms with Crippen LogP contribution in [-0.2, 0) is 35.7 Å². The molecule has 0 saturated carbocycles. The molecule has 0 unspecified atom stereocenters. The topological polar surface area (TPSA) is 119 Å². The molecule has 1 atom stereocenters. The highest BCUT2D eigenvalue weighted by Gasteiger charge is 2.34. The number of fused-ring (bicyclic) bond motifs is 1. The van der Waals surface area contributed by atoms with E-state index in [1.165, 1.54) is 11.8 Å². The molecule has 1 aromatic carbocycles. The number of aromatic nitrogens is 2. The van der Waals surface area contributed by atoms with Crippen LogP contribution in [0.15, 0.2) is 24.3 Å². The van der Waals surface area contributed by atoms with Gasteiger partial charge in [0.25, 0.3) is 0 Å². The third kappa shape index (κ3) is 4.34. The Morgan fingerprint density at radius 1 is 1.25 bits per heavy atom. The van der Waals surface area contributed by atoms with E-state index in [0.29, 0.717) is 22.0 Å². The summed E-state index contributed by atoms with van der Waals surface area (Å²) in [5.41, 5.74) is 1.29. The zero-order chi connectivity index (χ0) is 20.5. The summed E-state index contributed by atoms with van der Waals surface area (Å²) in [5.74, 6) is -2.11. The van der Waals surface area contributed by atoms with Crippen LogP contribution in [0.5, 0.6) is 0 Å². The van der Waals surface area contributed by atoms with E-state index in [4.69, 9.17) is 16.3 Å². The van der Waals surface area contributed by atoms with Crippen molar-refractivity contribution in [1.82, 2.24) is 15.1 Å². The second kappa shape index (κ2) is 7.90. The van der Waals surface area contributed by atoms with E-state index in [-0.39, 0.29) is 30.0 Å². The monoisotopic (exact) mass is 426 g/mol. The fourth-order valence-corrected chi connectivity index (χ4v) is 4.51. The lowest BCUT2D eigenvalue weighted by atomic mass is 10.2. The van der Waals surface area contributed by atoms with Crippen molar-refractivity contribution in [2.24, 2.45) is 0 Å². The molecule has 2 amide bonds. The number of carbonyl (C=O) groups excluding carboxylic acids is 2. The maximum Gasteiger partial charge on any atom is 0.314 e. The minimum absolute atomic E-state index is 0.151. The summed E-state index contributed by atoms with van der Waals surface area (Å²) in [7, 11) is -1.85. The predicted molar refractivity (Wildman–Crippen MR) is 103 cm³/mol. The van der Waals surface area contributed by atoms with Gasteiger partial charge in [0, 0.05) is 23.7 Å². The molecule has 0 aliphatic carbocycles. The Balaban J connectivity index is 1.91. The largest absolute Gasteiger partial charge is 0.383 e. The van der Waals surface area contributed by atoms with Crippen LogP contribution >= 0.6 is 11.6 Å². The molecule has 150 valence electrons. The van der Waals surface area contributed by atoms with Crippen molar-refractivity contribution in [2.45, 2.75) is 24.5 Å². The molecule has 2 aromatic rings. The summed E-state index contributed by atoms with van der Waals surface area (Å²) in [6, 6.07) is 6.27. The first-order valence-corrected chi connectivity index (χ1v) is 10.6. The number of nitrogens with one attached hydrogen (secondary N) is 2. The van der Waals surface area contributed by atoms with Gasteiger partial charge in [-0.25, -0.2) is 13.1 Å². The molecular weight excluding hydrogens is 408 g/mol. The van der Waals surface area contributed by atoms with Crippen molar-refractivity contribution >= 4 is 39.1 Å². The Morgan fingerprint density at radius 3 is 2.57 bits per heavy atom. The van der Waals surface area contributed by atoms with Gasteiger partial charge in [0.2, 0.25) is 0 Å². The number of rotatable bonds is 5. The van der Waals surface area contributed by atoms with Gasteiger partial charge in [0.05, 0.1) is 29.5 Å². The molecule has 0 bridgehead atoms. The van der Waals surface area contributed by atoms with Crippen LogP contribution < -0.4 is 10.6 Å². The summed E-state index contributed by atoms with van der Waals surface area (Å²) in [6.45, 7) is 1.94. The number of benzene rings is 1. The van der Waals surface area contributed by atoms with Crippen molar-refractivity contribution < 1.29 is 22.7 Å². The molecule has 0 spiro atoms. The van der Waals surface area contributed by atoms with Crippen molar-refractivity contribution in [3.8, 4) is 5.69 Å². The van der Waals surface area contributed by atoms with Crippen LogP contribution in [0, 0.1) is 0 Å². The minimum Gasteiger partial charge on any atom is -0.383 e. The predicted octanol–water partition coefficient (Wildman–Crippen LogP) is 1.04. The molecule has 1 aromatic heterocycles. The molecule has 2 N–H and O–H groups in total. The maximum absolute atomic E-state index is 12.4. The van der Waals surface area contributed by atoms with Crippen molar-refractivity contribution in [3.05, 3.63) is 40.5 Å². The average molecular weight is 427 g/mol. The van der Waals surface area contributed by atoms with Crippen LogP contribution in [0.25, 0.3) is 5.69 Å². The molecule has 11 heteroatoms. The molecule has 2 heterocycles. The number of halogens is 1. The Morgan fingerprint density at radius 2 is 1.93 bits per heavy atom. The highest BCUT2D eigenvalue weighted by Crippen LogP contribution is 2.33. The second-order valence-electron chi connectivity index (χ2n) is 6.48. The number of carbonyl (C=O) groups is 2. The number of hydrogen-bond donors (Lipinski definition) is 2. The average Bonchev–Trinajstić information content (AvgIpc) is 3.08. The molecule has 0 fully saturated rings. The Bertz CT molecular complexity index is 1020. The van der Waals surface area contributed by atoms with Gasteiger partial charge in [-0.05, 0) is 31.2 Å². The van der Waals surface area contributed by atoms with Gasteiger partial charge in [0.1, 0.15) is 5.82 Å². The van der Waals surface area contributed by atoms with E-state index in [0.717, 1.165) is 0 Å². The number of nitrogens with zero attached hydrogens (tertiary/aromatic N) is 2. The number of sulfone groups is 1. The summed E-state index contributed by atoms with van der Waals surface area (Å²) in [4.78, 5) is 24.5. The first-order chi connectivity index (χ1) is 13.2. The van der Waals surface area contributed by atoms with Crippen molar-refractivity contribution in [3.63, 3.8) is 0 Å². The number of ether oxygens (including phenoxy) is 1. The van der Waals surface area contributed by atoms with Gasteiger partial charge in [-0.2, -0.15) is 5.10 Å². The van der Waals surface area contributed by atoms with Crippen LogP contribution in [-0.4, -0.2) is 49.8 Å². The van der Waals surface area contributed by atoms with Gasteiger partial charge >= 0.3 is 11.8 Å². The smallest absolute Gasteiger partial charge is 0.314 e. The Kier molecular flexibility index (Phi) is 5.73. The van der Waals surface area contributed by atoms with Crippen molar-refractivity contribution in [2.75, 3.05) is 19.0 Å². The van der Waals surface area contributed by atoms with Gasteiger partial charge in [-0.1, -0.05) is 11.6 Å². The van der Waals surface area contributed by atoms with Crippen LogP contribution in [0.3, 0.4) is 0 Å². The molecule has 3 rings (SSSR count). The summed E-state index contributed by atoms with van der Waals surface area (Å²) in [5, 5.41) is 9.84. The van der Waals surface area contributed by atoms with E-state index < -0.39 is 21.7 Å². The lowest BCUT2D eigenvalue weighted by Crippen LogP contribution is -2.42. The number of hydrogen-bond acceptors (Lipinski definition) is 6. The van der Waals surface area contributed by atoms with E-state index in [1.807, 2.05) is 0 Å². The van der Waals surface area contributed by atoms with E-state index in [2.05, 4.69) is 15.7 Å². The second-order valence-corrected chi connectivity index (χ2v) is 8.98.